The molecule has 0 unspecified atom stereocenters. The summed E-state index contributed by atoms with van der Waals surface area (Å²) in [6, 6.07) is 1.96. The summed E-state index contributed by atoms with van der Waals surface area (Å²) in [5.74, 6) is 0.372. The largest absolute Gasteiger partial charge is 0.383 e. The van der Waals surface area contributed by atoms with Gasteiger partial charge in [-0.25, -0.2) is 4.79 Å². The number of hydrogen-bond acceptors (Lipinski definition) is 6. The number of nitrogens with zero attached hydrogens (tertiary/aromatic N) is 2. The van der Waals surface area contributed by atoms with Gasteiger partial charge in [0, 0.05) is 25.1 Å². The Morgan fingerprint density at radius 3 is 2.84 bits per heavy atom. The smallest absolute Gasteiger partial charge is 0.330 e. The zero-order valence-electron chi connectivity index (χ0n) is 18.5. The van der Waals surface area contributed by atoms with E-state index in [2.05, 4.69) is 11.9 Å². The lowest BCUT2D eigenvalue weighted by Gasteiger charge is -2.23. The number of hydrogen-bond donors (Lipinski definition) is 2. The molecule has 2 aromatic heterocycles. The van der Waals surface area contributed by atoms with Crippen LogP contribution in [0.4, 0.5) is 11.5 Å². The first-order valence-corrected chi connectivity index (χ1v) is 11.8. The van der Waals surface area contributed by atoms with Gasteiger partial charge in [0.25, 0.3) is 11.5 Å². The molecule has 0 aliphatic heterocycles. The highest BCUT2D eigenvalue weighted by Crippen LogP contribution is 2.34. The maximum Gasteiger partial charge on any atom is 0.330 e. The van der Waals surface area contributed by atoms with Gasteiger partial charge >= 0.3 is 5.69 Å². The molecule has 0 spiro atoms. The van der Waals surface area contributed by atoms with E-state index < -0.39 is 11.2 Å². The van der Waals surface area contributed by atoms with Crippen LogP contribution in [0.3, 0.4) is 0 Å². The summed E-state index contributed by atoms with van der Waals surface area (Å²) < 4.78 is 6.51. The van der Waals surface area contributed by atoms with E-state index in [9.17, 15) is 14.4 Å². The Hall–Kier alpha value is -2.39. The van der Waals surface area contributed by atoms with Gasteiger partial charge in [0.1, 0.15) is 5.82 Å². The molecule has 1 aliphatic rings. The van der Waals surface area contributed by atoms with Crippen LogP contribution in [0.15, 0.2) is 15.7 Å². The lowest BCUT2D eigenvalue weighted by molar-refractivity contribution is 0.0979. The molecule has 9 heteroatoms. The average Bonchev–Trinajstić information content (AvgIpc) is 3.18. The Labute approximate surface area is 186 Å². The van der Waals surface area contributed by atoms with E-state index in [1.807, 2.05) is 13.0 Å². The number of carbonyl (C=O) groups excluding carboxylic acids is 1. The Morgan fingerprint density at radius 1 is 1.39 bits per heavy atom. The van der Waals surface area contributed by atoms with Gasteiger partial charge in [-0.2, -0.15) is 0 Å². The number of ether oxygens (including phenoxy) is 1. The molecule has 3 rings (SSSR count). The van der Waals surface area contributed by atoms with Crippen LogP contribution in [0.25, 0.3) is 0 Å². The fraction of sp³-hybridized carbons (Fsp3) is 0.591. The van der Waals surface area contributed by atoms with Gasteiger partial charge in [-0.05, 0) is 43.2 Å². The highest BCUT2D eigenvalue weighted by atomic mass is 32.1. The normalized spacial score (nSPS) is 15.6. The van der Waals surface area contributed by atoms with Crippen molar-refractivity contribution in [2.24, 2.45) is 5.92 Å². The van der Waals surface area contributed by atoms with Gasteiger partial charge < -0.3 is 10.5 Å². The van der Waals surface area contributed by atoms with Crippen LogP contribution in [0, 0.1) is 5.92 Å². The molecule has 1 atom stereocenters. The van der Waals surface area contributed by atoms with Crippen molar-refractivity contribution in [1.82, 2.24) is 9.55 Å². The van der Waals surface area contributed by atoms with Gasteiger partial charge in [0.2, 0.25) is 0 Å². The van der Waals surface area contributed by atoms with Crippen LogP contribution in [0.5, 0.6) is 0 Å². The number of anilines is 2. The van der Waals surface area contributed by atoms with Crippen LogP contribution in [-0.2, 0) is 24.1 Å². The van der Waals surface area contributed by atoms with Gasteiger partial charge in [-0.3, -0.25) is 24.0 Å². The van der Waals surface area contributed by atoms with E-state index in [1.54, 1.807) is 0 Å². The summed E-state index contributed by atoms with van der Waals surface area (Å²) in [5, 5.41) is 0. The molecule has 2 heterocycles. The molecule has 0 radical (unpaired) electrons. The van der Waals surface area contributed by atoms with E-state index in [-0.39, 0.29) is 30.6 Å². The van der Waals surface area contributed by atoms with E-state index >= 15 is 0 Å². The molecule has 0 bridgehead atoms. The molecule has 0 saturated heterocycles. The van der Waals surface area contributed by atoms with Crippen molar-refractivity contribution in [3.05, 3.63) is 42.2 Å². The quantitative estimate of drug-likeness (QED) is 0.613. The Bertz CT molecular complexity index is 1040. The molecule has 8 nitrogen and oxygen atoms in total. The first-order chi connectivity index (χ1) is 14.9. The number of unbranched alkanes of at least 4 members (excludes halogenated alkanes) is 1. The molecular formula is C22H32N4O4S. The predicted octanol–water partition coefficient (Wildman–Crippen LogP) is 2.79. The number of aromatic amines is 1. The minimum atomic E-state index is -0.660. The van der Waals surface area contributed by atoms with Crippen molar-refractivity contribution in [3.8, 4) is 0 Å². The number of nitrogens with two attached hydrogens (primary N) is 1. The van der Waals surface area contributed by atoms with Gasteiger partial charge in [0.05, 0.1) is 11.5 Å². The van der Waals surface area contributed by atoms with Crippen LogP contribution < -0.4 is 21.9 Å². The van der Waals surface area contributed by atoms with Crippen molar-refractivity contribution in [3.63, 3.8) is 0 Å². The average molecular weight is 449 g/mol. The fourth-order valence-corrected chi connectivity index (χ4v) is 5.22. The second-order valence-electron chi connectivity index (χ2n) is 8.02. The predicted molar refractivity (Wildman–Crippen MR) is 124 cm³/mol. The Kier molecular flexibility index (Phi) is 7.72. The van der Waals surface area contributed by atoms with Crippen molar-refractivity contribution in [1.29, 1.82) is 0 Å². The van der Waals surface area contributed by atoms with E-state index in [1.165, 1.54) is 38.4 Å². The van der Waals surface area contributed by atoms with Gasteiger partial charge in [-0.1, -0.05) is 26.7 Å². The van der Waals surface area contributed by atoms with Crippen LogP contribution >= 0.6 is 11.3 Å². The number of nitrogens with one attached hydrogen (secondary N) is 1. The second-order valence-corrected chi connectivity index (χ2v) is 9.16. The second kappa shape index (κ2) is 10.3. The highest BCUT2D eigenvalue weighted by molar-refractivity contribution is 7.14. The minimum Gasteiger partial charge on any atom is -0.383 e. The number of methoxy groups -OCH3 is 1. The van der Waals surface area contributed by atoms with Crippen molar-refractivity contribution < 1.29 is 9.53 Å². The number of H-pyrrole nitrogens is 1. The molecule has 1 aliphatic carbocycles. The standard InChI is InChI=1S/C22H32N4O4S/c1-4-6-9-26-19(23)18(20(27)24-22(26)29)25(10-11-30-3)21(28)17-13-15-12-14(5-2)7-8-16(15)31-17/h13-14H,4-12,23H2,1-3H3,(H,24,27,29)/t14-/m0/s1. The number of aromatic nitrogens is 2. The van der Waals surface area contributed by atoms with Crippen molar-refractivity contribution in [2.75, 3.05) is 30.9 Å². The van der Waals surface area contributed by atoms with Crippen molar-refractivity contribution in [2.45, 2.75) is 58.9 Å². The first-order valence-electron chi connectivity index (χ1n) is 11.0. The lowest BCUT2D eigenvalue weighted by Crippen LogP contribution is -2.42. The van der Waals surface area contributed by atoms with Crippen LogP contribution in [0.2, 0.25) is 0 Å². The van der Waals surface area contributed by atoms with E-state index in [0.717, 1.165) is 38.5 Å². The molecule has 0 aromatic carbocycles. The zero-order chi connectivity index (χ0) is 22.5. The SMILES string of the molecule is CCCCn1c(N)c(N(CCOC)C(=O)c2cc3c(s2)CC[C@H](CC)C3)c(=O)[nH]c1=O. The molecule has 3 N–H and O–H groups in total. The lowest BCUT2D eigenvalue weighted by atomic mass is 9.87. The fourth-order valence-electron chi connectivity index (χ4n) is 4.06. The summed E-state index contributed by atoms with van der Waals surface area (Å²) in [6.45, 7) is 4.98. The zero-order valence-corrected chi connectivity index (χ0v) is 19.3. The summed E-state index contributed by atoms with van der Waals surface area (Å²) in [6.07, 6.45) is 5.83. The summed E-state index contributed by atoms with van der Waals surface area (Å²) >= 11 is 1.49. The third-order valence-corrected chi connectivity index (χ3v) is 7.18. The number of nitrogen functional groups attached to an aromatic ring is 1. The Morgan fingerprint density at radius 2 is 2.16 bits per heavy atom. The Balaban J connectivity index is 2.01. The van der Waals surface area contributed by atoms with E-state index in [4.69, 9.17) is 10.5 Å². The summed E-state index contributed by atoms with van der Waals surface area (Å²) in [4.78, 5) is 44.0. The highest BCUT2D eigenvalue weighted by Gasteiger charge is 2.28. The third kappa shape index (κ3) is 4.93. The minimum absolute atomic E-state index is 0.00978. The molecular weight excluding hydrogens is 416 g/mol. The molecule has 31 heavy (non-hydrogen) atoms. The summed E-state index contributed by atoms with van der Waals surface area (Å²) in [5.41, 5.74) is 6.28. The molecule has 2 aromatic rings. The molecule has 0 saturated carbocycles. The maximum absolute atomic E-state index is 13.5. The third-order valence-electron chi connectivity index (χ3n) is 5.96. The number of amides is 1. The number of rotatable bonds is 9. The van der Waals surface area contributed by atoms with Crippen LogP contribution in [-0.4, -0.2) is 35.7 Å². The van der Waals surface area contributed by atoms with Crippen molar-refractivity contribution >= 4 is 28.7 Å². The van der Waals surface area contributed by atoms with Gasteiger partial charge in [-0.15, -0.1) is 11.3 Å². The van der Waals surface area contributed by atoms with Gasteiger partial charge in [0.15, 0.2) is 5.69 Å². The molecule has 170 valence electrons. The maximum atomic E-state index is 13.5. The first kappa shape index (κ1) is 23.3. The number of carbonyl (C=O) groups is 1. The van der Waals surface area contributed by atoms with Crippen LogP contribution in [0.1, 0.15) is 59.6 Å². The monoisotopic (exact) mass is 448 g/mol. The molecule has 0 fully saturated rings. The number of fused-ring (bicyclic) bond motifs is 1. The van der Waals surface area contributed by atoms with E-state index in [0.29, 0.717) is 17.3 Å². The number of thiophene rings is 1. The molecule has 1 amide bonds. The topological polar surface area (TPSA) is 110 Å². The number of aryl methyl sites for hydroxylation is 1. The summed E-state index contributed by atoms with van der Waals surface area (Å²) in [7, 11) is 1.53.